The molecular weight excluding hydrogens is 785 g/mol. The van der Waals surface area contributed by atoms with Gasteiger partial charge in [-0.2, -0.15) is 0 Å². The summed E-state index contributed by atoms with van der Waals surface area (Å²) in [7, 11) is 0. The van der Waals surface area contributed by atoms with E-state index in [-0.39, 0.29) is 10.8 Å². The molecule has 3 aliphatic rings. The molecule has 0 bridgehead atoms. The van der Waals surface area contributed by atoms with Crippen LogP contribution in [0.15, 0.2) is 212 Å². The monoisotopic (exact) mass is 828 g/mol. The molecule has 0 radical (unpaired) electrons. The number of hydrogen-bond donors (Lipinski definition) is 0. The molecule has 2 heteroatoms. The van der Waals surface area contributed by atoms with Crippen molar-refractivity contribution in [1.29, 1.82) is 0 Å². The van der Waals surface area contributed by atoms with E-state index < -0.39 is 0 Å². The van der Waals surface area contributed by atoms with E-state index in [1.54, 1.807) is 0 Å². The van der Waals surface area contributed by atoms with Gasteiger partial charge in [-0.05, 0) is 139 Å². The van der Waals surface area contributed by atoms with Crippen molar-refractivity contribution in [2.45, 2.75) is 31.6 Å². The topological polar surface area (TPSA) is 8.17 Å². The van der Waals surface area contributed by atoms with E-state index in [9.17, 15) is 0 Å². The van der Waals surface area contributed by atoms with E-state index in [1.165, 1.54) is 122 Å². The van der Waals surface area contributed by atoms with Gasteiger partial charge in [0.15, 0.2) is 0 Å². The molecule has 306 valence electrons. The van der Waals surface area contributed by atoms with Gasteiger partial charge in [-0.1, -0.05) is 172 Å². The first-order valence-corrected chi connectivity index (χ1v) is 22.9. The summed E-state index contributed by atoms with van der Waals surface area (Å²) in [6.07, 6.45) is 0. The molecule has 1 aromatic heterocycles. The van der Waals surface area contributed by atoms with Gasteiger partial charge in [-0.3, -0.25) is 0 Å². The molecule has 1 atom stereocenters. The predicted octanol–water partition coefficient (Wildman–Crippen LogP) is 16.7. The Labute approximate surface area is 379 Å². The fourth-order valence-electron chi connectivity index (χ4n) is 12.5. The first kappa shape index (κ1) is 36.5. The lowest BCUT2D eigenvalue weighted by Gasteiger charge is -2.42. The van der Waals surface area contributed by atoms with Gasteiger partial charge in [0, 0.05) is 32.7 Å². The lowest BCUT2D eigenvalue weighted by Crippen LogP contribution is -2.32. The molecule has 0 saturated carbocycles. The maximum absolute atomic E-state index is 2.52. The van der Waals surface area contributed by atoms with Crippen LogP contribution in [-0.2, 0) is 10.8 Å². The molecule has 11 aromatic rings. The van der Waals surface area contributed by atoms with Gasteiger partial charge in [0.2, 0.25) is 0 Å². The molecule has 65 heavy (non-hydrogen) atoms. The van der Waals surface area contributed by atoms with Gasteiger partial charge >= 0.3 is 0 Å². The fraction of sp³-hybridized carbons (Fsp3) is 0.0794. The number of aromatic nitrogens is 1. The summed E-state index contributed by atoms with van der Waals surface area (Å²) in [5.41, 5.74) is 23.9. The minimum atomic E-state index is -0.359. The number of para-hydroxylation sites is 2. The zero-order chi connectivity index (χ0) is 43.2. The Hall–Kier alpha value is -7.94. The molecule has 0 N–H and O–H groups in total. The van der Waals surface area contributed by atoms with Gasteiger partial charge in [0.1, 0.15) is 0 Å². The molecule has 2 aliphatic carbocycles. The molecule has 0 amide bonds. The number of rotatable bonds is 4. The molecule has 2 nitrogen and oxygen atoms in total. The van der Waals surface area contributed by atoms with Crippen LogP contribution in [0.2, 0.25) is 0 Å². The molecule has 10 aromatic carbocycles. The molecule has 0 spiro atoms. The van der Waals surface area contributed by atoms with Crippen LogP contribution in [0.3, 0.4) is 0 Å². The summed E-state index contributed by atoms with van der Waals surface area (Å²) in [4.78, 5) is 2.52. The SMILES string of the molecule is CC1(C)c2ccccc2-c2cccc(-c3ccc(N4c5ccc(-c6cc(-n7c8ccccc8c8ccccc87)c7ccccc7c6)cc5C5(C)c6ccccc6-c6cccc4c65)cc3)c21. The zero-order valence-electron chi connectivity index (χ0n) is 36.6. The van der Waals surface area contributed by atoms with Gasteiger partial charge in [-0.15, -0.1) is 0 Å². The van der Waals surface area contributed by atoms with Gasteiger partial charge < -0.3 is 9.47 Å². The Kier molecular flexibility index (Phi) is 7.34. The standard InChI is InChI=1S/C63H44N2/c1-62(2)52-25-10-6-18-46(52)50-23-14-22-45(60(50)62)39-30-33-43(34-31-39)64-57-35-32-40(37-54(57)63(3)53-26-11-7-19-47(53)51-24-15-29-58(64)61(51)63)42-36-41-16-4-5-17-44(41)59(38-42)65-55-27-12-8-20-48(55)49-21-9-13-28-56(49)65/h4-38H,1-3H3. The second-order valence-corrected chi connectivity index (χ2v) is 19.0. The second kappa shape index (κ2) is 13.1. The summed E-state index contributed by atoms with van der Waals surface area (Å²) in [5, 5.41) is 4.99. The lowest BCUT2D eigenvalue weighted by atomic mass is 9.70. The Bertz CT molecular complexity index is 3770. The number of benzene rings is 10. The maximum Gasteiger partial charge on any atom is 0.0546 e. The van der Waals surface area contributed by atoms with E-state index in [2.05, 4.69) is 243 Å². The van der Waals surface area contributed by atoms with Gasteiger partial charge in [0.25, 0.3) is 0 Å². The van der Waals surface area contributed by atoms with Crippen molar-refractivity contribution in [2.75, 3.05) is 4.90 Å². The lowest BCUT2D eigenvalue weighted by molar-refractivity contribution is 0.662. The minimum Gasteiger partial charge on any atom is -0.310 e. The molecule has 0 saturated heterocycles. The highest BCUT2D eigenvalue weighted by Crippen LogP contribution is 2.63. The van der Waals surface area contributed by atoms with Crippen LogP contribution < -0.4 is 4.90 Å². The van der Waals surface area contributed by atoms with E-state index in [1.807, 2.05) is 0 Å². The molecule has 14 rings (SSSR count). The maximum atomic E-state index is 2.52. The predicted molar refractivity (Wildman–Crippen MR) is 272 cm³/mol. The fourth-order valence-corrected chi connectivity index (χ4v) is 12.5. The normalized spacial score (nSPS) is 16.1. The quantitative estimate of drug-likeness (QED) is 0.172. The molecule has 1 unspecified atom stereocenters. The van der Waals surface area contributed by atoms with Crippen LogP contribution in [0, 0.1) is 0 Å². The molecular formula is C63H44N2. The number of hydrogen-bond acceptors (Lipinski definition) is 1. The van der Waals surface area contributed by atoms with Crippen LogP contribution in [0.5, 0.6) is 0 Å². The smallest absolute Gasteiger partial charge is 0.0546 e. The highest BCUT2D eigenvalue weighted by molar-refractivity contribution is 6.11. The van der Waals surface area contributed by atoms with E-state index >= 15 is 0 Å². The Morgan fingerprint density at radius 2 is 0.908 bits per heavy atom. The van der Waals surface area contributed by atoms with Crippen molar-refractivity contribution < 1.29 is 0 Å². The first-order chi connectivity index (χ1) is 31.9. The number of nitrogens with zero attached hydrogens (tertiary/aromatic N) is 2. The van der Waals surface area contributed by atoms with Crippen molar-refractivity contribution in [1.82, 2.24) is 4.57 Å². The third-order valence-corrected chi connectivity index (χ3v) is 15.3. The van der Waals surface area contributed by atoms with Gasteiger partial charge in [-0.25, -0.2) is 0 Å². The van der Waals surface area contributed by atoms with Crippen LogP contribution in [0.1, 0.15) is 48.6 Å². The average molecular weight is 829 g/mol. The largest absolute Gasteiger partial charge is 0.310 e. The molecule has 0 fully saturated rings. The Morgan fingerprint density at radius 3 is 1.66 bits per heavy atom. The summed E-state index contributed by atoms with van der Waals surface area (Å²) in [5.74, 6) is 0. The zero-order valence-corrected chi connectivity index (χ0v) is 36.6. The third-order valence-electron chi connectivity index (χ3n) is 15.3. The summed E-state index contributed by atoms with van der Waals surface area (Å²) >= 11 is 0. The summed E-state index contributed by atoms with van der Waals surface area (Å²) in [6.45, 7) is 7.22. The van der Waals surface area contributed by atoms with E-state index in [0.717, 1.165) is 5.69 Å². The highest BCUT2D eigenvalue weighted by Gasteiger charge is 2.48. The van der Waals surface area contributed by atoms with Crippen LogP contribution in [0.4, 0.5) is 17.1 Å². The van der Waals surface area contributed by atoms with Crippen molar-refractivity contribution in [3.05, 3.63) is 240 Å². The van der Waals surface area contributed by atoms with Crippen molar-refractivity contribution in [3.8, 4) is 50.2 Å². The summed E-state index contributed by atoms with van der Waals surface area (Å²) in [6, 6.07) is 79.7. The van der Waals surface area contributed by atoms with Crippen LogP contribution in [0.25, 0.3) is 82.8 Å². The van der Waals surface area contributed by atoms with E-state index in [0.29, 0.717) is 0 Å². The van der Waals surface area contributed by atoms with Crippen LogP contribution >= 0.6 is 0 Å². The van der Waals surface area contributed by atoms with Crippen molar-refractivity contribution >= 4 is 49.6 Å². The number of fused-ring (bicyclic) bond motifs is 12. The van der Waals surface area contributed by atoms with Crippen molar-refractivity contribution in [3.63, 3.8) is 0 Å². The average Bonchev–Trinajstić information content (AvgIpc) is 3.92. The van der Waals surface area contributed by atoms with Crippen LogP contribution in [-0.4, -0.2) is 4.57 Å². The highest BCUT2D eigenvalue weighted by atomic mass is 15.2. The second-order valence-electron chi connectivity index (χ2n) is 19.0. The van der Waals surface area contributed by atoms with E-state index in [4.69, 9.17) is 0 Å². The van der Waals surface area contributed by atoms with Crippen molar-refractivity contribution in [2.24, 2.45) is 0 Å². The number of anilines is 3. The minimum absolute atomic E-state index is 0.0932. The molecule has 1 aliphatic heterocycles. The molecule has 2 heterocycles. The summed E-state index contributed by atoms with van der Waals surface area (Å²) < 4.78 is 2.47. The van der Waals surface area contributed by atoms with Gasteiger partial charge in [0.05, 0.1) is 28.1 Å². The Balaban J connectivity index is 0.963. The third kappa shape index (κ3) is 4.84. The Morgan fingerprint density at radius 1 is 0.338 bits per heavy atom. The first-order valence-electron chi connectivity index (χ1n) is 22.9.